The van der Waals surface area contributed by atoms with Crippen molar-refractivity contribution in [3.63, 3.8) is 0 Å². The highest BCUT2D eigenvalue weighted by atomic mass is 35.5. The number of aliphatic hydroxyl groups is 1. The van der Waals surface area contributed by atoms with E-state index in [0.717, 1.165) is 60.6 Å². The van der Waals surface area contributed by atoms with Crippen LogP contribution in [0.2, 0.25) is 10.0 Å². The van der Waals surface area contributed by atoms with Crippen LogP contribution in [0.25, 0.3) is 10.9 Å². The Morgan fingerprint density at radius 1 is 0.917 bits per heavy atom. The molecule has 2 fully saturated rings. The molecule has 0 radical (unpaired) electrons. The summed E-state index contributed by atoms with van der Waals surface area (Å²) in [4.78, 5) is 22.4. The molecule has 5 nitrogen and oxygen atoms in total. The molecule has 2 saturated heterocycles. The second-order valence-electron chi connectivity index (χ2n) is 9.37. The van der Waals surface area contributed by atoms with Crippen LogP contribution in [0, 0.1) is 13.8 Å². The Balaban J connectivity index is 0.000000276. The van der Waals surface area contributed by atoms with Crippen LogP contribution in [0.15, 0.2) is 48.7 Å². The number of pyridine rings is 1. The number of benzene rings is 2. The van der Waals surface area contributed by atoms with Gasteiger partial charge in [-0.05, 0) is 81.9 Å². The summed E-state index contributed by atoms with van der Waals surface area (Å²) in [5, 5.41) is 9.21. The monoisotopic (exact) mass is 529 g/mol. The second-order valence-corrected chi connectivity index (χ2v) is 10.2. The minimum absolute atomic E-state index is 0.174. The molecule has 1 aromatic heterocycles. The van der Waals surface area contributed by atoms with Crippen molar-refractivity contribution in [2.75, 3.05) is 33.3 Å². The fourth-order valence-corrected chi connectivity index (χ4v) is 5.35. The molecular weight excluding hydrogens is 493 g/mol. The summed E-state index contributed by atoms with van der Waals surface area (Å²) in [5.41, 5.74) is 3.84. The van der Waals surface area contributed by atoms with Gasteiger partial charge in [-0.15, -0.1) is 0 Å². The molecule has 0 atom stereocenters. The highest BCUT2D eigenvalue weighted by Gasteiger charge is 2.29. The summed E-state index contributed by atoms with van der Waals surface area (Å²) < 4.78 is 0. The third-order valence-electron chi connectivity index (χ3n) is 6.91. The molecule has 0 saturated carbocycles. The van der Waals surface area contributed by atoms with E-state index in [2.05, 4.69) is 14.8 Å². The van der Waals surface area contributed by atoms with Gasteiger partial charge in [-0.25, -0.2) is 0 Å². The van der Waals surface area contributed by atoms with E-state index >= 15 is 0 Å². The van der Waals surface area contributed by atoms with Crippen LogP contribution in [0.4, 0.5) is 0 Å². The Morgan fingerprint density at radius 3 is 2.22 bits per heavy atom. The summed E-state index contributed by atoms with van der Waals surface area (Å²) in [6.45, 7) is 8.20. The molecule has 36 heavy (non-hydrogen) atoms. The molecule has 0 unspecified atom stereocenters. The normalized spacial score (nSPS) is 16.6. The number of aromatic nitrogens is 1. The number of aryl methyl sites for hydroxylation is 2. The quantitative estimate of drug-likeness (QED) is 0.409. The number of piperidine rings is 2. The molecule has 194 valence electrons. The van der Waals surface area contributed by atoms with Crippen molar-refractivity contribution in [2.45, 2.75) is 52.0 Å². The maximum Gasteiger partial charge on any atom is 0.254 e. The van der Waals surface area contributed by atoms with Gasteiger partial charge < -0.3 is 14.9 Å². The second kappa shape index (κ2) is 13.9. The Hall–Kier alpha value is -2.18. The molecule has 3 aromatic rings. The third-order valence-corrected chi connectivity index (χ3v) is 7.65. The lowest BCUT2D eigenvalue weighted by molar-refractivity contribution is 0.0591. The van der Waals surface area contributed by atoms with Crippen LogP contribution in [-0.2, 0) is 0 Å². The zero-order chi connectivity index (χ0) is 26.1. The van der Waals surface area contributed by atoms with Crippen molar-refractivity contribution >= 4 is 40.0 Å². The van der Waals surface area contributed by atoms with Crippen LogP contribution in [0.3, 0.4) is 0 Å². The molecule has 5 rings (SSSR count). The molecule has 0 spiro atoms. The smallest absolute Gasteiger partial charge is 0.254 e. The number of rotatable bonds is 2. The van der Waals surface area contributed by atoms with E-state index in [-0.39, 0.29) is 5.91 Å². The minimum atomic E-state index is 0.174. The van der Waals surface area contributed by atoms with Crippen LogP contribution in [0.5, 0.6) is 0 Å². The Morgan fingerprint density at radius 2 is 1.58 bits per heavy atom. The van der Waals surface area contributed by atoms with Gasteiger partial charge in [-0.2, -0.15) is 0 Å². The Kier molecular flexibility index (Phi) is 11.0. The summed E-state index contributed by atoms with van der Waals surface area (Å²) in [7, 11) is 1.00. The molecule has 0 bridgehead atoms. The van der Waals surface area contributed by atoms with E-state index < -0.39 is 0 Å². The number of halogens is 2. The summed E-state index contributed by atoms with van der Waals surface area (Å²) in [5.74, 6) is 0.174. The number of hydrogen-bond acceptors (Lipinski definition) is 4. The third kappa shape index (κ3) is 7.19. The zero-order valence-corrected chi connectivity index (χ0v) is 23.0. The highest BCUT2D eigenvalue weighted by Crippen LogP contribution is 2.26. The van der Waals surface area contributed by atoms with Crippen LogP contribution < -0.4 is 0 Å². The predicted molar refractivity (Wildman–Crippen MR) is 150 cm³/mol. The molecule has 2 aliphatic heterocycles. The average Bonchev–Trinajstić information content (AvgIpc) is 2.93. The van der Waals surface area contributed by atoms with Gasteiger partial charge in [0, 0.05) is 37.8 Å². The average molecular weight is 531 g/mol. The first kappa shape index (κ1) is 28.4. The highest BCUT2D eigenvalue weighted by molar-refractivity contribution is 6.42. The molecule has 3 heterocycles. The topological polar surface area (TPSA) is 56.7 Å². The molecule has 2 aromatic carbocycles. The fraction of sp³-hybridized carbons (Fsp3) is 0.448. The van der Waals surface area contributed by atoms with Crippen molar-refractivity contribution in [3.05, 3.63) is 75.4 Å². The summed E-state index contributed by atoms with van der Waals surface area (Å²) >= 11 is 11.3. The van der Waals surface area contributed by atoms with E-state index in [1.807, 2.05) is 56.4 Å². The van der Waals surface area contributed by atoms with Gasteiger partial charge in [-0.3, -0.25) is 9.78 Å². The number of carbonyl (C=O) groups excluding carboxylic acids is 1. The van der Waals surface area contributed by atoms with Gasteiger partial charge in [0.05, 0.1) is 21.1 Å². The van der Waals surface area contributed by atoms with Crippen LogP contribution >= 0.6 is 23.2 Å². The molecule has 2 aliphatic rings. The van der Waals surface area contributed by atoms with Crippen molar-refractivity contribution in [2.24, 2.45) is 0 Å². The van der Waals surface area contributed by atoms with Crippen molar-refractivity contribution in [1.82, 2.24) is 14.8 Å². The predicted octanol–water partition coefficient (Wildman–Crippen LogP) is 6.54. The Labute approximate surface area is 225 Å². The molecule has 7 heteroatoms. The number of fused-ring (bicyclic) bond motifs is 1. The van der Waals surface area contributed by atoms with E-state index in [1.165, 1.54) is 32.4 Å². The van der Waals surface area contributed by atoms with Gasteiger partial charge in [-0.1, -0.05) is 53.9 Å². The number of para-hydroxylation sites is 1. The Bertz CT molecular complexity index is 1140. The maximum absolute atomic E-state index is 13.2. The van der Waals surface area contributed by atoms with Gasteiger partial charge in [0.25, 0.3) is 5.91 Å². The van der Waals surface area contributed by atoms with Gasteiger partial charge in [0.1, 0.15) is 0 Å². The number of aliphatic hydroxyl groups excluding tert-OH is 1. The van der Waals surface area contributed by atoms with Crippen molar-refractivity contribution < 1.29 is 9.90 Å². The summed E-state index contributed by atoms with van der Waals surface area (Å²) in [6.07, 6.45) is 8.09. The summed E-state index contributed by atoms with van der Waals surface area (Å²) in [6, 6.07) is 14.2. The van der Waals surface area contributed by atoms with E-state index in [1.54, 1.807) is 6.07 Å². The zero-order valence-electron chi connectivity index (χ0n) is 21.5. The molecule has 1 amide bonds. The van der Waals surface area contributed by atoms with Gasteiger partial charge in [0.15, 0.2) is 0 Å². The number of hydrogen-bond donors (Lipinski definition) is 1. The molecular formula is C29H37Cl2N3O2. The largest absolute Gasteiger partial charge is 0.400 e. The SMILES string of the molecule is CO.Cc1ccc(Cl)c(Cl)c1.Cc1cnc2ccccc2c1C(=O)N1CCC(N2CCCCC2)CC1. The standard InChI is InChI=1S/C21H27N3O.C7H6Cl2.CH4O/c1-16-15-22-19-8-4-3-7-18(19)20(16)21(25)24-13-9-17(10-14-24)23-11-5-2-6-12-23;1-5-2-3-6(8)7(9)4-5;1-2/h3-4,7-8,15,17H,2,5-6,9-14H2,1H3;2-4H,1H3;2H,1H3. The first-order valence-electron chi connectivity index (χ1n) is 12.7. The number of likely N-dealkylation sites (tertiary alicyclic amines) is 2. The number of nitrogens with zero attached hydrogens (tertiary/aromatic N) is 3. The van der Waals surface area contributed by atoms with Gasteiger partial charge >= 0.3 is 0 Å². The van der Waals surface area contributed by atoms with E-state index in [9.17, 15) is 4.79 Å². The van der Waals surface area contributed by atoms with Crippen molar-refractivity contribution in [3.8, 4) is 0 Å². The lowest BCUT2D eigenvalue weighted by Crippen LogP contribution is -2.48. The van der Waals surface area contributed by atoms with E-state index in [0.29, 0.717) is 16.1 Å². The first-order valence-corrected chi connectivity index (χ1v) is 13.4. The van der Waals surface area contributed by atoms with Gasteiger partial charge in [0.2, 0.25) is 0 Å². The lowest BCUT2D eigenvalue weighted by atomic mass is 9.98. The maximum atomic E-state index is 13.2. The first-order chi connectivity index (χ1) is 17.4. The molecule has 0 aliphatic carbocycles. The lowest BCUT2D eigenvalue weighted by Gasteiger charge is -2.40. The number of carbonyl (C=O) groups is 1. The van der Waals surface area contributed by atoms with Crippen molar-refractivity contribution in [1.29, 1.82) is 0 Å². The van der Waals surface area contributed by atoms with Crippen LogP contribution in [-0.4, -0.2) is 65.1 Å². The number of amides is 1. The molecule has 1 N–H and O–H groups in total. The van der Waals surface area contributed by atoms with Crippen LogP contribution in [0.1, 0.15) is 53.6 Å². The minimum Gasteiger partial charge on any atom is -0.400 e. The van der Waals surface area contributed by atoms with E-state index in [4.69, 9.17) is 28.3 Å². The fourth-order valence-electron chi connectivity index (χ4n) is 5.00.